The molecule has 0 bridgehead atoms. The summed E-state index contributed by atoms with van der Waals surface area (Å²) in [4.78, 5) is 37.8. The summed E-state index contributed by atoms with van der Waals surface area (Å²) in [5.41, 5.74) is 3.80. The number of nitrogens with one attached hydrogen (secondary N) is 2. The van der Waals surface area contributed by atoms with E-state index in [1.807, 2.05) is 85.8 Å². The predicted molar refractivity (Wildman–Crippen MR) is 143 cm³/mol. The number of rotatable bonds is 9. The molecule has 37 heavy (non-hydrogen) atoms. The summed E-state index contributed by atoms with van der Waals surface area (Å²) in [7, 11) is 0. The zero-order valence-electron chi connectivity index (χ0n) is 20.3. The number of aryl methyl sites for hydroxylation is 1. The van der Waals surface area contributed by atoms with Crippen molar-refractivity contribution in [3.05, 3.63) is 142 Å². The van der Waals surface area contributed by atoms with Crippen molar-refractivity contribution in [3.63, 3.8) is 0 Å². The fraction of sp³-hybridized carbons (Fsp3) is 0.133. The van der Waals surface area contributed by atoms with E-state index in [1.165, 1.54) is 12.1 Å². The van der Waals surface area contributed by atoms with E-state index < -0.39 is 16.9 Å². The Kier molecular flexibility index (Phi) is 8.05. The molecule has 4 aromatic carbocycles. The second-order valence-electron chi connectivity index (χ2n) is 8.75. The van der Waals surface area contributed by atoms with Gasteiger partial charge in [-0.05, 0) is 35.2 Å². The highest BCUT2D eigenvalue weighted by Gasteiger charge is 2.28. The van der Waals surface area contributed by atoms with Crippen LogP contribution >= 0.6 is 0 Å². The van der Waals surface area contributed by atoms with E-state index >= 15 is 0 Å². The molecule has 0 fully saturated rings. The van der Waals surface area contributed by atoms with Crippen LogP contribution in [0.2, 0.25) is 0 Å². The molecule has 2 amide bonds. The first-order valence-corrected chi connectivity index (χ1v) is 11.9. The summed E-state index contributed by atoms with van der Waals surface area (Å²) >= 11 is 0. The van der Waals surface area contributed by atoms with Gasteiger partial charge in [-0.1, -0.05) is 91.0 Å². The first-order chi connectivity index (χ1) is 17.9. The fourth-order valence-electron chi connectivity index (χ4n) is 4.17. The molecule has 4 aromatic rings. The highest BCUT2D eigenvalue weighted by Crippen LogP contribution is 2.25. The van der Waals surface area contributed by atoms with Crippen LogP contribution in [0.25, 0.3) is 0 Å². The van der Waals surface area contributed by atoms with Crippen molar-refractivity contribution in [2.45, 2.75) is 25.3 Å². The molecule has 2 N–H and O–H groups in total. The van der Waals surface area contributed by atoms with Gasteiger partial charge in [0.2, 0.25) is 11.8 Å². The van der Waals surface area contributed by atoms with E-state index in [9.17, 15) is 19.7 Å². The normalized spacial score (nSPS) is 11.5. The second kappa shape index (κ2) is 11.8. The highest BCUT2D eigenvalue weighted by atomic mass is 16.6. The van der Waals surface area contributed by atoms with Crippen LogP contribution in [0.3, 0.4) is 0 Å². The predicted octanol–water partition coefficient (Wildman–Crippen LogP) is 5.40. The van der Waals surface area contributed by atoms with E-state index in [4.69, 9.17) is 0 Å². The molecule has 0 aliphatic rings. The van der Waals surface area contributed by atoms with Gasteiger partial charge in [-0.25, -0.2) is 0 Å². The third-order valence-electron chi connectivity index (χ3n) is 6.15. The SMILES string of the molecule is Cc1ccccc1NC(=O)[C@H](Cc1ccc([N+](=O)[O-])cc1)NC(=O)C(c1ccccc1)c1ccccc1. The minimum atomic E-state index is -0.913. The summed E-state index contributed by atoms with van der Waals surface area (Å²) in [6, 6.07) is 31.3. The van der Waals surface area contributed by atoms with Crippen LogP contribution in [0.15, 0.2) is 109 Å². The first-order valence-electron chi connectivity index (χ1n) is 11.9. The van der Waals surface area contributed by atoms with Gasteiger partial charge >= 0.3 is 0 Å². The van der Waals surface area contributed by atoms with E-state index in [2.05, 4.69) is 10.6 Å². The van der Waals surface area contributed by atoms with Crippen molar-refractivity contribution in [2.24, 2.45) is 0 Å². The Bertz CT molecular complexity index is 1330. The number of non-ortho nitro benzene ring substituents is 1. The third-order valence-corrected chi connectivity index (χ3v) is 6.15. The molecular weight excluding hydrogens is 466 g/mol. The Morgan fingerprint density at radius 1 is 0.757 bits per heavy atom. The lowest BCUT2D eigenvalue weighted by Crippen LogP contribution is -2.47. The van der Waals surface area contributed by atoms with Gasteiger partial charge in [-0.15, -0.1) is 0 Å². The largest absolute Gasteiger partial charge is 0.343 e. The van der Waals surface area contributed by atoms with Gasteiger partial charge in [0.05, 0.1) is 10.8 Å². The average Bonchev–Trinajstić information content (AvgIpc) is 2.91. The lowest BCUT2D eigenvalue weighted by molar-refractivity contribution is -0.384. The Morgan fingerprint density at radius 3 is 1.84 bits per heavy atom. The van der Waals surface area contributed by atoms with Crippen molar-refractivity contribution < 1.29 is 14.5 Å². The van der Waals surface area contributed by atoms with Gasteiger partial charge in [-0.3, -0.25) is 19.7 Å². The van der Waals surface area contributed by atoms with Gasteiger partial charge in [0.15, 0.2) is 0 Å². The van der Waals surface area contributed by atoms with E-state index in [-0.39, 0.29) is 23.9 Å². The Morgan fingerprint density at radius 2 is 1.30 bits per heavy atom. The van der Waals surface area contributed by atoms with Crippen LogP contribution in [-0.2, 0) is 16.0 Å². The molecule has 1 atom stereocenters. The van der Waals surface area contributed by atoms with Gasteiger partial charge < -0.3 is 10.6 Å². The number of para-hydroxylation sites is 1. The highest BCUT2D eigenvalue weighted by molar-refractivity contribution is 5.99. The van der Waals surface area contributed by atoms with E-state index in [0.29, 0.717) is 11.3 Å². The lowest BCUT2D eigenvalue weighted by atomic mass is 9.90. The maximum absolute atomic E-state index is 13.7. The molecule has 0 aliphatic heterocycles. The molecule has 186 valence electrons. The van der Waals surface area contributed by atoms with Gasteiger partial charge in [0, 0.05) is 24.2 Å². The zero-order valence-corrected chi connectivity index (χ0v) is 20.3. The minimum absolute atomic E-state index is 0.0399. The molecule has 0 saturated carbocycles. The monoisotopic (exact) mass is 493 g/mol. The maximum Gasteiger partial charge on any atom is 0.269 e. The van der Waals surface area contributed by atoms with Gasteiger partial charge in [0.1, 0.15) is 6.04 Å². The zero-order chi connectivity index (χ0) is 26.2. The maximum atomic E-state index is 13.7. The summed E-state index contributed by atoms with van der Waals surface area (Å²) in [6.07, 6.45) is 0.164. The van der Waals surface area contributed by atoms with Crippen molar-refractivity contribution in [1.29, 1.82) is 0 Å². The Balaban J connectivity index is 1.64. The third kappa shape index (κ3) is 6.46. The average molecular weight is 494 g/mol. The number of benzene rings is 4. The lowest BCUT2D eigenvalue weighted by Gasteiger charge is -2.23. The summed E-state index contributed by atoms with van der Waals surface area (Å²) in [5, 5.41) is 16.9. The molecule has 0 unspecified atom stereocenters. The summed E-state index contributed by atoms with van der Waals surface area (Å²) in [6.45, 7) is 1.89. The number of nitrogens with zero attached hydrogens (tertiary/aromatic N) is 1. The van der Waals surface area contributed by atoms with Crippen LogP contribution in [-0.4, -0.2) is 22.8 Å². The van der Waals surface area contributed by atoms with Crippen molar-refractivity contribution in [1.82, 2.24) is 5.32 Å². The molecule has 0 saturated heterocycles. The molecule has 0 radical (unpaired) electrons. The van der Waals surface area contributed by atoms with Crippen molar-refractivity contribution >= 4 is 23.2 Å². The number of nitro groups is 1. The number of nitro benzene ring substituents is 1. The molecule has 7 nitrogen and oxygen atoms in total. The number of anilines is 1. The quantitative estimate of drug-likeness (QED) is 0.241. The number of carbonyl (C=O) groups excluding carboxylic acids is 2. The molecular formula is C30H27N3O4. The van der Waals surface area contributed by atoms with Crippen LogP contribution < -0.4 is 10.6 Å². The van der Waals surface area contributed by atoms with Crippen LogP contribution in [0.1, 0.15) is 28.2 Å². The summed E-state index contributed by atoms with van der Waals surface area (Å²) < 4.78 is 0. The van der Waals surface area contributed by atoms with E-state index in [0.717, 1.165) is 16.7 Å². The molecule has 0 aromatic heterocycles. The molecule has 4 rings (SSSR count). The Labute approximate surface area is 215 Å². The van der Waals surface area contributed by atoms with Crippen LogP contribution in [0, 0.1) is 17.0 Å². The number of hydrogen-bond donors (Lipinski definition) is 2. The number of hydrogen-bond acceptors (Lipinski definition) is 4. The Hall–Kier alpha value is -4.78. The van der Waals surface area contributed by atoms with Crippen LogP contribution in [0.5, 0.6) is 0 Å². The first kappa shape index (κ1) is 25.3. The van der Waals surface area contributed by atoms with Gasteiger partial charge in [-0.2, -0.15) is 0 Å². The van der Waals surface area contributed by atoms with Crippen molar-refractivity contribution in [3.8, 4) is 0 Å². The number of carbonyl (C=O) groups is 2. The minimum Gasteiger partial charge on any atom is -0.343 e. The smallest absolute Gasteiger partial charge is 0.269 e. The van der Waals surface area contributed by atoms with Crippen molar-refractivity contribution in [2.75, 3.05) is 5.32 Å². The second-order valence-corrected chi connectivity index (χ2v) is 8.75. The molecule has 7 heteroatoms. The van der Waals surface area contributed by atoms with E-state index in [1.54, 1.807) is 18.2 Å². The molecule has 0 aliphatic carbocycles. The standard InChI is InChI=1S/C30H27N3O4/c1-21-10-8-9-15-26(21)31-29(34)27(20-22-16-18-25(19-17-22)33(36)37)32-30(35)28(23-11-4-2-5-12-23)24-13-6-3-7-14-24/h2-19,27-28H,20H2,1H3,(H,31,34)(H,32,35)/t27-/m0/s1. The fourth-order valence-corrected chi connectivity index (χ4v) is 4.17. The topological polar surface area (TPSA) is 101 Å². The number of amides is 2. The molecule has 0 heterocycles. The summed E-state index contributed by atoms with van der Waals surface area (Å²) in [5.74, 6) is -1.31. The molecule has 0 spiro atoms. The van der Waals surface area contributed by atoms with Crippen LogP contribution in [0.4, 0.5) is 11.4 Å². The van der Waals surface area contributed by atoms with Gasteiger partial charge in [0.25, 0.3) is 5.69 Å².